The molecule has 0 amide bonds. The minimum Gasteiger partial charge on any atom is -0.295 e. The van der Waals surface area contributed by atoms with Gasteiger partial charge in [0.1, 0.15) is 0 Å². The third kappa shape index (κ3) is 0.325. The van der Waals surface area contributed by atoms with Crippen molar-refractivity contribution in [1.29, 1.82) is 0 Å². The number of hydrogen-bond donors (Lipinski definition) is 0. The molecule has 1 saturated heterocycles. The smallest absolute Gasteiger partial charge is 0.0255 e. The Labute approximate surface area is 44.3 Å². The Morgan fingerprint density at radius 1 is 1.43 bits per heavy atom. The molecule has 2 rings (SSSR count). The normalized spacial score (nSPS) is 55.3. The fraction of sp³-hybridized carbons (Fsp3) is 1.00. The third-order valence-electron chi connectivity index (χ3n) is 2.33. The molecule has 7 heavy (non-hydrogen) atoms. The summed E-state index contributed by atoms with van der Waals surface area (Å²) >= 11 is 0. The average molecular weight is 97.2 g/mol. The van der Waals surface area contributed by atoms with Crippen molar-refractivity contribution in [3.05, 3.63) is 0 Å². The molecule has 40 valence electrons. The lowest BCUT2D eigenvalue weighted by Gasteiger charge is -2.00. The Bertz CT molecular complexity index is 80.2. The predicted octanol–water partition coefficient (Wildman–Crippen LogP) is 0.853. The number of fused-ring (bicyclic) bond motifs is 1. The first-order chi connectivity index (χ1) is 3.43. The first kappa shape index (κ1) is 3.90. The van der Waals surface area contributed by atoms with Gasteiger partial charge in [0.05, 0.1) is 0 Å². The number of likely N-dealkylation sites (tertiary alicyclic amines) is 1. The molecule has 2 atom stereocenters. The Hall–Kier alpha value is -0.0400. The topological polar surface area (TPSA) is 3.01 Å². The van der Waals surface area contributed by atoms with Gasteiger partial charge in [0.2, 0.25) is 0 Å². The van der Waals surface area contributed by atoms with Gasteiger partial charge in [-0.05, 0) is 19.4 Å². The van der Waals surface area contributed by atoms with E-state index in [0.717, 1.165) is 12.1 Å². The number of likely N-dealkylation sites (N-methyl/N-ethyl adjacent to an activating group) is 1. The summed E-state index contributed by atoms with van der Waals surface area (Å²) < 4.78 is 0. The summed E-state index contributed by atoms with van der Waals surface area (Å²) in [7, 11) is 0. The molecule has 1 aliphatic carbocycles. The number of nitrogens with zero attached hydrogens (tertiary/aromatic N) is 1. The molecule has 2 unspecified atom stereocenters. The van der Waals surface area contributed by atoms with Crippen LogP contribution in [0.25, 0.3) is 0 Å². The monoisotopic (exact) mass is 97.1 g/mol. The molecule has 0 spiro atoms. The lowest BCUT2D eigenvalue weighted by Crippen LogP contribution is -2.04. The van der Waals surface area contributed by atoms with Gasteiger partial charge >= 0.3 is 0 Å². The molecule has 0 aromatic heterocycles. The fourth-order valence-electron chi connectivity index (χ4n) is 1.66. The summed E-state index contributed by atoms with van der Waals surface area (Å²) in [5, 5.41) is 0. The zero-order valence-electron chi connectivity index (χ0n) is 4.72. The van der Waals surface area contributed by atoms with Crippen LogP contribution in [0.2, 0.25) is 0 Å². The molecular weight excluding hydrogens is 86.1 g/mol. The van der Waals surface area contributed by atoms with Gasteiger partial charge in [-0.2, -0.15) is 0 Å². The zero-order valence-corrected chi connectivity index (χ0v) is 4.72. The van der Waals surface area contributed by atoms with Crippen molar-refractivity contribution < 1.29 is 0 Å². The van der Waals surface area contributed by atoms with E-state index in [1.165, 1.54) is 19.4 Å². The van der Waals surface area contributed by atoms with Gasteiger partial charge in [-0.3, -0.25) is 4.90 Å². The van der Waals surface area contributed by atoms with Crippen LogP contribution in [-0.2, 0) is 0 Å². The molecule has 0 aromatic rings. The second-order valence-electron chi connectivity index (χ2n) is 2.54. The molecule has 1 heterocycles. The highest BCUT2D eigenvalue weighted by Gasteiger charge is 2.52. The van der Waals surface area contributed by atoms with Crippen LogP contribution in [-0.4, -0.2) is 23.5 Å². The maximum atomic E-state index is 2.57. The van der Waals surface area contributed by atoms with Crippen molar-refractivity contribution in [2.24, 2.45) is 0 Å². The number of rotatable bonds is 1. The van der Waals surface area contributed by atoms with Crippen LogP contribution < -0.4 is 0 Å². The maximum Gasteiger partial charge on any atom is 0.0255 e. The molecular formula is C6H11N. The Morgan fingerprint density at radius 3 is 2.14 bits per heavy atom. The van der Waals surface area contributed by atoms with Gasteiger partial charge in [-0.1, -0.05) is 6.92 Å². The predicted molar refractivity (Wildman–Crippen MR) is 29.2 cm³/mol. The van der Waals surface area contributed by atoms with Gasteiger partial charge < -0.3 is 0 Å². The summed E-state index contributed by atoms with van der Waals surface area (Å²) in [4.78, 5) is 2.57. The van der Waals surface area contributed by atoms with Crippen LogP contribution in [0.15, 0.2) is 0 Å². The first-order valence-electron chi connectivity index (χ1n) is 3.19. The molecule has 1 heteroatoms. The molecule has 0 radical (unpaired) electrons. The van der Waals surface area contributed by atoms with Crippen LogP contribution in [0.3, 0.4) is 0 Å². The molecule has 1 aliphatic heterocycles. The summed E-state index contributed by atoms with van der Waals surface area (Å²) in [6.07, 6.45) is 2.97. The molecule has 0 N–H and O–H groups in total. The van der Waals surface area contributed by atoms with Gasteiger partial charge in [-0.25, -0.2) is 0 Å². The van der Waals surface area contributed by atoms with Crippen molar-refractivity contribution >= 4 is 0 Å². The number of hydrogen-bond acceptors (Lipinski definition) is 1. The standard InChI is InChI=1S/C6H11N/c1-2-7-5-3-4-6(5)7/h5-6H,2-4H2,1H3. The second-order valence-corrected chi connectivity index (χ2v) is 2.54. The quantitative estimate of drug-likeness (QED) is 0.438. The molecule has 1 saturated carbocycles. The zero-order chi connectivity index (χ0) is 4.85. The Kier molecular flexibility index (Phi) is 0.571. The van der Waals surface area contributed by atoms with E-state index in [1.807, 2.05) is 0 Å². The Morgan fingerprint density at radius 2 is 2.00 bits per heavy atom. The van der Waals surface area contributed by atoms with E-state index < -0.39 is 0 Å². The van der Waals surface area contributed by atoms with Crippen molar-refractivity contribution in [3.63, 3.8) is 0 Å². The van der Waals surface area contributed by atoms with Crippen LogP contribution in [0.5, 0.6) is 0 Å². The second kappa shape index (κ2) is 1.03. The minimum atomic E-state index is 1.05. The van der Waals surface area contributed by atoms with Gasteiger partial charge in [0, 0.05) is 12.1 Å². The highest BCUT2D eigenvalue weighted by molar-refractivity contribution is 5.09. The lowest BCUT2D eigenvalue weighted by molar-refractivity contribution is 0.547. The van der Waals surface area contributed by atoms with Gasteiger partial charge in [0.25, 0.3) is 0 Å². The fourth-order valence-corrected chi connectivity index (χ4v) is 1.66. The summed E-state index contributed by atoms with van der Waals surface area (Å²) in [6, 6.07) is 2.09. The first-order valence-corrected chi connectivity index (χ1v) is 3.19. The van der Waals surface area contributed by atoms with Crippen molar-refractivity contribution in [2.75, 3.05) is 6.54 Å². The van der Waals surface area contributed by atoms with E-state index in [9.17, 15) is 0 Å². The SMILES string of the molecule is CCN1C2CCC21. The van der Waals surface area contributed by atoms with Crippen LogP contribution >= 0.6 is 0 Å². The summed E-state index contributed by atoms with van der Waals surface area (Å²) in [5.41, 5.74) is 0. The van der Waals surface area contributed by atoms with Crippen LogP contribution in [0.1, 0.15) is 19.8 Å². The maximum absolute atomic E-state index is 2.57. The van der Waals surface area contributed by atoms with Crippen LogP contribution in [0, 0.1) is 0 Å². The molecule has 0 bridgehead atoms. The van der Waals surface area contributed by atoms with Crippen molar-refractivity contribution in [3.8, 4) is 0 Å². The molecule has 2 fully saturated rings. The highest BCUT2D eigenvalue weighted by atomic mass is 15.4. The third-order valence-corrected chi connectivity index (χ3v) is 2.33. The average Bonchev–Trinajstić information content (AvgIpc) is 2.07. The van der Waals surface area contributed by atoms with Crippen molar-refractivity contribution in [2.45, 2.75) is 31.8 Å². The van der Waals surface area contributed by atoms with E-state index >= 15 is 0 Å². The van der Waals surface area contributed by atoms with E-state index in [1.54, 1.807) is 0 Å². The minimum absolute atomic E-state index is 1.05. The Balaban J connectivity index is 1.95. The molecule has 1 nitrogen and oxygen atoms in total. The van der Waals surface area contributed by atoms with E-state index in [0.29, 0.717) is 0 Å². The lowest BCUT2D eigenvalue weighted by atomic mass is 10.0. The molecule has 0 aromatic carbocycles. The van der Waals surface area contributed by atoms with Crippen molar-refractivity contribution in [1.82, 2.24) is 4.90 Å². The van der Waals surface area contributed by atoms with Gasteiger partial charge in [-0.15, -0.1) is 0 Å². The van der Waals surface area contributed by atoms with E-state index in [-0.39, 0.29) is 0 Å². The summed E-state index contributed by atoms with van der Waals surface area (Å²) in [5.74, 6) is 0. The molecule has 2 aliphatic rings. The van der Waals surface area contributed by atoms with Crippen LogP contribution in [0.4, 0.5) is 0 Å². The van der Waals surface area contributed by atoms with Gasteiger partial charge in [0.15, 0.2) is 0 Å². The van der Waals surface area contributed by atoms with E-state index in [4.69, 9.17) is 0 Å². The van der Waals surface area contributed by atoms with E-state index in [2.05, 4.69) is 11.8 Å². The highest BCUT2D eigenvalue weighted by Crippen LogP contribution is 2.44. The largest absolute Gasteiger partial charge is 0.295 e. The summed E-state index contributed by atoms with van der Waals surface area (Å²) in [6.45, 7) is 3.54.